The lowest BCUT2D eigenvalue weighted by Crippen LogP contribution is -2.36. The number of unbranched alkanes of at least 4 members (excludes halogenated alkanes) is 1. The molecule has 1 N–H and O–H groups in total. The first kappa shape index (κ1) is 14.9. The van der Waals surface area contributed by atoms with E-state index in [1.165, 1.54) is 6.42 Å². The van der Waals surface area contributed by atoms with Gasteiger partial charge in [-0.2, -0.15) is 0 Å². The largest absolute Gasteiger partial charge is 0.389 e. The number of aliphatic hydroxyl groups is 1. The van der Waals surface area contributed by atoms with Gasteiger partial charge in [-0.3, -0.25) is 4.90 Å². The predicted octanol–water partition coefficient (Wildman–Crippen LogP) is 0.800. The molecule has 0 bridgehead atoms. The molecule has 1 saturated heterocycles. The maximum absolute atomic E-state index is 9.85. The van der Waals surface area contributed by atoms with Crippen molar-refractivity contribution in [1.82, 2.24) is 9.80 Å². The zero-order valence-electron chi connectivity index (χ0n) is 11.6. The highest BCUT2D eigenvalue weighted by molar-refractivity contribution is 4.81. The van der Waals surface area contributed by atoms with Crippen LogP contribution in [-0.2, 0) is 4.74 Å². The molecule has 1 aliphatic rings. The van der Waals surface area contributed by atoms with Gasteiger partial charge in [0.25, 0.3) is 0 Å². The maximum atomic E-state index is 9.85. The third-order valence-electron chi connectivity index (χ3n) is 3.40. The van der Waals surface area contributed by atoms with Crippen molar-refractivity contribution in [2.75, 3.05) is 46.9 Å². The molecule has 0 saturated carbocycles. The molecule has 0 radical (unpaired) electrons. The first-order valence-corrected chi connectivity index (χ1v) is 6.78. The van der Waals surface area contributed by atoms with E-state index < -0.39 is 0 Å². The van der Waals surface area contributed by atoms with Gasteiger partial charge < -0.3 is 14.7 Å². The van der Waals surface area contributed by atoms with E-state index >= 15 is 0 Å². The molecule has 17 heavy (non-hydrogen) atoms. The van der Waals surface area contributed by atoms with Gasteiger partial charge in [-0.15, -0.1) is 0 Å². The summed E-state index contributed by atoms with van der Waals surface area (Å²) < 4.78 is 5.43. The van der Waals surface area contributed by atoms with Crippen LogP contribution in [0.4, 0.5) is 0 Å². The van der Waals surface area contributed by atoms with Crippen molar-refractivity contribution in [3.05, 3.63) is 0 Å². The van der Waals surface area contributed by atoms with E-state index in [4.69, 9.17) is 4.74 Å². The second kappa shape index (κ2) is 8.03. The minimum absolute atomic E-state index is 0.340. The third kappa shape index (κ3) is 5.82. The van der Waals surface area contributed by atoms with E-state index in [9.17, 15) is 5.11 Å². The van der Waals surface area contributed by atoms with Gasteiger partial charge >= 0.3 is 0 Å². The highest BCUT2D eigenvalue weighted by atomic mass is 16.5. The van der Waals surface area contributed by atoms with Crippen LogP contribution in [0.15, 0.2) is 0 Å². The van der Waals surface area contributed by atoms with Gasteiger partial charge in [0.05, 0.1) is 12.7 Å². The topological polar surface area (TPSA) is 35.9 Å². The molecule has 4 nitrogen and oxygen atoms in total. The van der Waals surface area contributed by atoms with Crippen LogP contribution >= 0.6 is 0 Å². The summed E-state index contributed by atoms with van der Waals surface area (Å²) in [7, 11) is 4.25. The number of rotatable bonds is 8. The number of hydrogen-bond acceptors (Lipinski definition) is 4. The van der Waals surface area contributed by atoms with Crippen LogP contribution in [0.25, 0.3) is 0 Å². The molecule has 0 aromatic rings. The fraction of sp³-hybridized carbons (Fsp3) is 1.00. The maximum Gasteiger partial charge on any atom is 0.0900 e. The minimum Gasteiger partial charge on any atom is -0.389 e. The van der Waals surface area contributed by atoms with Crippen LogP contribution in [0.1, 0.15) is 26.2 Å². The molecular formula is C13H28N2O2. The monoisotopic (exact) mass is 244 g/mol. The molecule has 1 fully saturated rings. The van der Waals surface area contributed by atoms with Gasteiger partial charge in [0.2, 0.25) is 0 Å². The molecule has 0 spiro atoms. The fourth-order valence-corrected chi connectivity index (χ4v) is 2.22. The Balaban J connectivity index is 2.08. The molecule has 0 amide bonds. The molecule has 2 atom stereocenters. The Morgan fingerprint density at radius 1 is 1.47 bits per heavy atom. The summed E-state index contributed by atoms with van der Waals surface area (Å²) in [6, 6.07) is 0.642. The summed E-state index contributed by atoms with van der Waals surface area (Å²) in [6.07, 6.45) is 3.09. The summed E-state index contributed by atoms with van der Waals surface area (Å²) in [5, 5.41) is 9.85. The lowest BCUT2D eigenvalue weighted by molar-refractivity contribution is 0.0187. The zero-order valence-corrected chi connectivity index (χ0v) is 11.6. The van der Waals surface area contributed by atoms with Crippen LogP contribution in [0.2, 0.25) is 0 Å². The van der Waals surface area contributed by atoms with Crippen LogP contribution in [-0.4, -0.2) is 74.0 Å². The second-order valence-electron chi connectivity index (χ2n) is 5.25. The van der Waals surface area contributed by atoms with Crippen LogP contribution < -0.4 is 0 Å². The van der Waals surface area contributed by atoms with Gasteiger partial charge in [0.15, 0.2) is 0 Å². The van der Waals surface area contributed by atoms with Crippen molar-refractivity contribution >= 4 is 0 Å². The predicted molar refractivity (Wildman–Crippen MR) is 70.3 cm³/mol. The number of likely N-dealkylation sites (tertiary alicyclic amines) is 1. The first-order valence-electron chi connectivity index (χ1n) is 6.78. The summed E-state index contributed by atoms with van der Waals surface area (Å²) >= 11 is 0. The van der Waals surface area contributed by atoms with E-state index in [-0.39, 0.29) is 6.10 Å². The summed E-state index contributed by atoms with van der Waals surface area (Å²) in [5.74, 6) is 0. The molecular weight excluding hydrogens is 216 g/mol. The van der Waals surface area contributed by atoms with Crippen molar-refractivity contribution in [1.29, 1.82) is 0 Å². The van der Waals surface area contributed by atoms with E-state index in [1.807, 2.05) is 0 Å². The quantitative estimate of drug-likeness (QED) is 0.641. The van der Waals surface area contributed by atoms with E-state index in [2.05, 4.69) is 30.8 Å². The van der Waals surface area contributed by atoms with Crippen LogP contribution in [0.3, 0.4) is 0 Å². The number of aliphatic hydroxyl groups excluding tert-OH is 1. The average Bonchev–Trinajstić information content (AvgIpc) is 2.73. The molecule has 0 aliphatic carbocycles. The van der Waals surface area contributed by atoms with Gasteiger partial charge in [0.1, 0.15) is 0 Å². The Labute approximate surface area is 106 Å². The van der Waals surface area contributed by atoms with Crippen LogP contribution in [0.5, 0.6) is 0 Å². The fourth-order valence-electron chi connectivity index (χ4n) is 2.22. The second-order valence-corrected chi connectivity index (χ2v) is 5.25. The highest BCUT2D eigenvalue weighted by Crippen LogP contribution is 2.13. The number of hydrogen-bond donors (Lipinski definition) is 1. The first-order chi connectivity index (χ1) is 8.13. The van der Waals surface area contributed by atoms with Crippen molar-refractivity contribution in [2.45, 2.75) is 38.3 Å². The van der Waals surface area contributed by atoms with Crippen LogP contribution in [0, 0.1) is 0 Å². The molecule has 0 aromatic heterocycles. The average molecular weight is 244 g/mol. The van der Waals surface area contributed by atoms with Gasteiger partial charge in [-0.05, 0) is 33.5 Å². The highest BCUT2D eigenvalue weighted by Gasteiger charge is 2.25. The van der Waals surface area contributed by atoms with Crippen molar-refractivity contribution in [2.24, 2.45) is 0 Å². The molecule has 2 unspecified atom stereocenters. The zero-order chi connectivity index (χ0) is 12.7. The van der Waals surface area contributed by atoms with Crippen molar-refractivity contribution < 1.29 is 9.84 Å². The van der Waals surface area contributed by atoms with E-state index in [1.54, 1.807) is 0 Å². The summed E-state index contributed by atoms with van der Waals surface area (Å²) in [5.41, 5.74) is 0. The SMILES string of the molecule is CCCCOCC(O)CN1CCC(N(C)C)C1. The smallest absolute Gasteiger partial charge is 0.0900 e. The Morgan fingerprint density at radius 2 is 2.24 bits per heavy atom. The third-order valence-corrected chi connectivity index (χ3v) is 3.40. The molecule has 4 heteroatoms. The minimum atomic E-state index is -0.340. The molecule has 0 aromatic carbocycles. The molecule has 1 rings (SSSR count). The standard InChI is InChI=1S/C13H28N2O2/c1-4-5-8-17-11-13(16)10-15-7-6-12(9-15)14(2)3/h12-13,16H,4-11H2,1-3H3. The Bertz CT molecular complexity index is 200. The summed E-state index contributed by atoms with van der Waals surface area (Å²) in [6.45, 7) is 6.30. The van der Waals surface area contributed by atoms with Gasteiger partial charge in [0, 0.05) is 25.7 Å². The summed E-state index contributed by atoms with van der Waals surface area (Å²) in [4.78, 5) is 4.60. The van der Waals surface area contributed by atoms with Crippen molar-refractivity contribution in [3.63, 3.8) is 0 Å². The lowest BCUT2D eigenvalue weighted by atomic mass is 10.2. The van der Waals surface area contributed by atoms with Crippen molar-refractivity contribution in [3.8, 4) is 0 Å². The molecule has 1 heterocycles. The number of likely N-dealkylation sites (N-methyl/N-ethyl adjacent to an activating group) is 1. The van der Waals surface area contributed by atoms with Gasteiger partial charge in [-0.1, -0.05) is 13.3 Å². The number of β-amino-alcohol motifs (C(OH)–C–C–N with tert-alkyl or cyclic N) is 1. The van der Waals surface area contributed by atoms with E-state index in [0.29, 0.717) is 12.6 Å². The normalized spacial score (nSPS) is 23.5. The lowest BCUT2D eigenvalue weighted by Gasteiger charge is -2.22. The Morgan fingerprint density at radius 3 is 2.82 bits per heavy atom. The Hall–Kier alpha value is -0.160. The molecule has 102 valence electrons. The Kier molecular flexibility index (Phi) is 7.04. The number of nitrogens with zero attached hydrogens (tertiary/aromatic N) is 2. The van der Waals surface area contributed by atoms with E-state index in [0.717, 1.165) is 39.1 Å². The molecule has 1 aliphatic heterocycles. The van der Waals surface area contributed by atoms with Gasteiger partial charge in [-0.25, -0.2) is 0 Å². The number of ether oxygens (including phenoxy) is 1.